The number of nitrogens with one attached hydrogen (secondary N) is 1. The molecule has 0 aromatic rings. The molecule has 106 valence electrons. The van der Waals surface area contributed by atoms with Gasteiger partial charge in [-0.2, -0.15) is 0 Å². The van der Waals surface area contributed by atoms with E-state index < -0.39 is 0 Å². The fourth-order valence-electron chi connectivity index (χ4n) is 5.88. The normalized spacial score (nSPS) is 41.2. The minimum absolute atomic E-state index is 0.638. The van der Waals surface area contributed by atoms with Crippen LogP contribution in [0.2, 0.25) is 0 Å². The Hall–Kier alpha value is -0.480. The summed E-state index contributed by atoms with van der Waals surface area (Å²) in [6, 6.07) is 0.735. The van der Waals surface area contributed by atoms with Gasteiger partial charge in [0.25, 0.3) is 0 Å². The van der Waals surface area contributed by atoms with E-state index in [2.05, 4.69) is 18.2 Å². The quantitative estimate of drug-likeness (QED) is 0.562. The molecule has 19 heavy (non-hydrogen) atoms. The lowest BCUT2D eigenvalue weighted by atomic mass is 9.47. The number of rotatable bonds is 6. The molecule has 0 amide bonds. The van der Waals surface area contributed by atoms with Gasteiger partial charge in [-0.25, -0.2) is 0 Å². The number of terminal acetylenes is 1. The molecule has 4 bridgehead atoms. The van der Waals surface area contributed by atoms with E-state index in [-0.39, 0.29) is 0 Å². The Balaban J connectivity index is 1.71. The molecule has 0 saturated heterocycles. The van der Waals surface area contributed by atoms with Crippen LogP contribution < -0.4 is 5.32 Å². The van der Waals surface area contributed by atoms with Gasteiger partial charge in [0.15, 0.2) is 0 Å². The zero-order chi connectivity index (χ0) is 13.3. The van der Waals surface area contributed by atoms with E-state index in [0.717, 1.165) is 36.8 Å². The van der Waals surface area contributed by atoms with Gasteiger partial charge in [-0.05, 0) is 81.1 Å². The van der Waals surface area contributed by atoms with Crippen molar-refractivity contribution in [1.82, 2.24) is 5.32 Å². The molecular weight excluding hydrogens is 230 g/mol. The van der Waals surface area contributed by atoms with Crippen molar-refractivity contribution in [3.8, 4) is 12.3 Å². The number of unbranched alkanes of at least 4 members (excludes halogenated alkanes) is 1. The molecule has 1 N–H and O–H groups in total. The van der Waals surface area contributed by atoms with Crippen molar-refractivity contribution < 1.29 is 0 Å². The molecule has 4 rings (SSSR count). The van der Waals surface area contributed by atoms with Gasteiger partial charge >= 0.3 is 0 Å². The van der Waals surface area contributed by atoms with E-state index >= 15 is 0 Å². The molecule has 0 aromatic heterocycles. The maximum Gasteiger partial charge on any atom is 0.0124 e. The first-order valence-corrected chi connectivity index (χ1v) is 8.42. The van der Waals surface area contributed by atoms with Crippen LogP contribution in [0.1, 0.15) is 64.7 Å². The van der Waals surface area contributed by atoms with Gasteiger partial charge in [0.1, 0.15) is 0 Å². The molecule has 4 fully saturated rings. The summed E-state index contributed by atoms with van der Waals surface area (Å²) in [5.41, 5.74) is 0.638. The van der Waals surface area contributed by atoms with Gasteiger partial charge < -0.3 is 5.32 Å². The van der Waals surface area contributed by atoms with Crippen LogP contribution in [0.4, 0.5) is 0 Å². The molecule has 0 aliphatic heterocycles. The molecule has 1 unspecified atom stereocenters. The highest BCUT2D eigenvalue weighted by atomic mass is 14.9. The molecule has 1 atom stereocenters. The summed E-state index contributed by atoms with van der Waals surface area (Å²) in [6.45, 7) is 3.37. The molecule has 0 aromatic carbocycles. The second-order valence-electron chi connectivity index (χ2n) is 7.49. The standard InChI is InChI=1S/C18H29N/c1-3-5-6-7-17(19-4-2)18-11-14-8-15(12-18)10-16(9-14)13-18/h1,14-17,19H,4-13H2,2H3. The van der Waals surface area contributed by atoms with Crippen LogP contribution in [0.5, 0.6) is 0 Å². The Morgan fingerprint density at radius 2 is 1.74 bits per heavy atom. The minimum Gasteiger partial charge on any atom is -0.314 e. The molecule has 4 aliphatic carbocycles. The van der Waals surface area contributed by atoms with E-state index in [1.165, 1.54) is 32.1 Å². The molecular formula is C18H29N. The lowest BCUT2D eigenvalue weighted by Crippen LogP contribution is -2.55. The van der Waals surface area contributed by atoms with Gasteiger partial charge in [-0.3, -0.25) is 0 Å². The number of hydrogen-bond acceptors (Lipinski definition) is 1. The average Bonchev–Trinajstić information content (AvgIpc) is 2.36. The van der Waals surface area contributed by atoms with Crippen LogP contribution in [0, 0.1) is 35.5 Å². The fourth-order valence-corrected chi connectivity index (χ4v) is 5.88. The Bertz CT molecular complexity index is 316. The van der Waals surface area contributed by atoms with Crippen molar-refractivity contribution in [3.63, 3.8) is 0 Å². The molecule has 0 heterocycles. The molecule has 0 radical (unpaired) electrons. The highest BCUT2D eigenvalue weighted by Crippen LogP contribution is 2.61. The van der Waals surface area contributed by atoms with Gasteiger partial charge in [0.2, 0.25) is 0 Å². The van der Waals surface area contributed by atoms with Crippen molar-refractivity contribution in [3.05, 3.63) is 0 Å². The summed E-state index contributed by atoms with van der Waals surface area (Å²) in [5, 5.41) is 3.83. The summed E-state index contributed by atoms with van der Waals surface area (Å²) in [4.78, 5) is 0. The Morgan fingerprint density at radius 1 is 1.16 bits per heavy atom. The topological polar surface area (TPSA) is 12.0 Å². The zero-order valence-corrected chi connectivity index (χ0v) is 12.5. The van der Waals surface area contributed by atoms with Crippen molar-refractivity contribution >= 4 is 0 Å². The minimum atomic E-state index is 0.638. The van der Waals surface area contributed by atoms with Crippen molar-refractivity contribution in [2.24, 2.45) is 23.2 Å². The zero-order valence-electron chi connectivity index (χ0n) is 12.5. The van der Waals surface area contributed by atoms with Crippen LogP contribution in [0.25, 0.3) is 0 Å². The lowest BCUT2D eigenvalue weighted by Gasteiger charge is -2.59. The molecule has 4 aliphatic rings. The van der Waals surface area contributed by atoms with Crippen LogP contribution in [0.3, 0.4) is 0 Å². The van der Waals surface area contributed by atoms with Crippen molar-refractivity contribution in [2.75, 3.05) is 6.54 Å². The van der Waals surface area contributed by atoms with Gasteiger partial charge in [-0.15, -0.1) is 12.3 Å². The molecule has 0 spiro atoms. The average molecular weight is 259 g/mol. The summed E-state index contributed by atoms with van der Waals surface area (Å²) >= 11 is 0. The van der Waals surface area contributed by atoms with Gasteiger partial charge in [-0.1, -0.05) is 6.92 Å². The maximum atomic E-state index is 5.42. The molecule has 4 saturated carbocycles. The van der Waals surface area contributed by atoms with E-state index in [1.54, 1.807) is 19.3 Å². The molecule has 1 nitrogen and oxygen atoms in total. The molecule has 1 heteroatoms. The second-order valence-corrected chi connectivity index (χ2v) is 7.49. The Labute approximate surface area is 118 Å². The summed E-state index contributed by atoms with van der Waals surface area (Å²) in [6.07, 6.45) is 18.0. The third-order valence-corrected chi connectivity index (χ3v) is 6.09. The first kappa shape index (κ1) is 13.5. The highest BCUT2D eigenvalue weighted by Gasteiger charge is 2.53. The van der Waals surface area contributed by atoms with E-state index in [4.69, 9.17) is 6.42 Å². The Kier molecular flexibility index (Phi) is 3.90. The monoisotopic (exact) mass is 259 g/mol. The van der Waals surface area contributed by atoms with Crippen LogP contribution >= 0.6 is 0 Å². The van der Waals surface area contributed by atoms with Crippen LogP contribution in [-0.4, -0.2) is 12.6 Å². The van der Waals surface area contributed by atoms with E-state index in [1.807, 2.05) is 0 Å². The lowest BCUT2D eigenvalue weighted by molar-refractivity contribution is -0.0751. The summed E-state index contributed by atoms with van der Waals surface area (Å²) < 4.78 is 0. The van der Waals surface area contributed by atoms with Gasteiger partial charge in [0, 0.05) is 12.5 Å². The summed E-state index contributed by atoms with van der Waals surface area (Å²) in [7, 11) is 0. The largest absolute Gasteiger partial charge is 0.314 e. The highest BCUT2D eigenvalue weighted by molar-refractivity contribution is 5.06. The predicted molar refractivity (Wildman–Crippen MR) is 80.8 cm³/mol. The SMILES string of the molecule is C#CCCCC(NCC)C12CC3CC(CC(C3)C1)C2. The second kappa shape index (κ2) is 5.49. The van der Waals surface area contributed by atoms with Crippen molar-refractivity contribution in [1.29, 1.82) is 0 Å². The maximum absolute atomic E-state index is 5.42. The predicted octanol–water partition coefficient (Wildman–Crippen LogP) is 3.98. The first-order chi connectivity index (χ1) is 9.25. The van der Waals surface area contributed by atoms with E-state index in [9.17, 15) is 0 Å². The van der Waals surface area contributed by atoms with Crippen LogP contribution in [-0.2, 0) is 0 Å². The van der Waals surface area contributed by atoms with Gasteiger partial charge in [0.05, 0.1) is 0 Å². The smallest absolute Gasteiger partial charge is 0.0124 e. The Morgan fingerprint density at radius 3 is 2.21 bits per heavy atom. The van der Waals surface area contributed by atoms with E-state index in [0.29, 0.717) is 5.41 Å². The first-order valence-electron chi connectivity index (χ1n) is 8.42. The third-order valence-electron chi connectivity index (χ3n) is 6.09. The van der Waals surface area contributed by atoms with Crippen LogP contribution in [0.15, 0.2) is 0 Å². The fraction of sp³-hybridized carbons (Fsp3) is 0.889. The number of hydrogen-bond donors (Lipinski definition) is 1. The van der Waals surface area contributed by atoms with Crippen molar-refractivity contribution in [2.45, 2.75) is 70.8 Å². The summed E-state index contributed by atoms with van der Waals surface area (Å²) in [5.74, 6) is 5.98. The third kappa shape index (κ3) is 2.57.